The van der Waals surface area contributed by atoms with Crippen LogP contribution in [0.2, 0.25) is 0 Å². The van der Waals surface area contributed by atoms with Crippen LogP contribution in [0.5, 0.6) is 11.6 Å². The van der Waals surface area contributed by atoms with Crippen LogP contribution >= 0.6 is 0 Å². The van der Waals surface area contributed by atoms with Gasteiger partial charge in [-0.3, -0.25) is 4.79 Å². The molecule has 0 aliphatic rings. The first-order chi connectivity index (χ1) is 16.4. The quantitative estimate of drug-likeness (QED) is 0.349. The third-order valence-electron chi connectivity index (χ3n) is 5.18. The monoisotopic (exact) mass is 471 g/mol. The number of halogens is 3. The van der Waals surface area contributed by atoms with Crippen molar-refractivity contribution in [2.75, 3.05) is 0 Å². The van der Waals surface area contributed by atoms with E-state index in [1.807, 2.05) is 24.3 Å². The van der Waals surface area contributed by atoms with E-state index in [1.54, 1.807) is 30.3 Å². The zero-order valence-corrected chi connectivity index (χ0v) is 17.7. The highest BCUT2D eigenvalue weighted by atomic mass is 19.4. The summed E-state index contributed by atoms with van der Waals surface area (Å²) in [6.07, 6.45) is -7.47. The molecule has 0 fully saturated rings. The highest BCUT2D eigenvalue weighted by Gasteiger charge is 2.40. The fraction of sp³-hybridized carbons (Fsp3) is 0.160. The number of fused-ring (bicyclic) bond motifs is 1. The first-order valence-corrected chi connectivity index (χ1v) is 10.3. The number of hydrogen-bond acceptors (Lipinski definition) is 5. The SMILES string of the molecule is O=COc1cc2ccccc2n1OCc1ccccc1COc1ccccc1C(O)C(F)(F)F. The summed E-state index contributed by atoms with van der Waals surface area (Å²) < 4.78 is 51.1. The van der Waals surface area contributed by atoms with E-state index in [4.69, 9.17) is 14.3 Å². The minimum absolute atomic E-state index is 0.0504. The minimum Gasteiger partial charge on any atom is -0.489 e. The molecule has 4 aromatic rings. The van der Waals surface area contributed by atoms with Crippen molar-refractivity contribution in [3.8, 4) is 11.6 Å². The Hall–Kier alpha value is -3.98. The van der Waals surface area contributed by atoms with Gasteiger partial charge >= 0.3 is 6.18 Å². The average Bonchev–Trinajstić information content (AvgIpc) is 3.18. The first kappa shape index (κ1) is 23.2. The Balaban J connectivity index is 1.53. The van der Waals surface area contributed by atoms with E-state index in [0.717, 1.165) is 5.39 Å². The summed E-state index contributed by atoms with van der Waals surface area (Å²) in [5, 5.41) is 10.5. The number of rotatable bonds is 9. The largest absolute Gasteiger partial charge is 0.489 e. The maximum absolute atomic E-state index is 13.0. The van der Waals surface area contributed by atoms with Crippen LogP contribution in [0, 0.1) is 0 Å². The predicted molar refractivity (Wildman–Crippen MR) is 117 cm³/mol. The molecule has 6 nitrogen and oxygen atoms in total. The molecule has 9 heteroatoms. The number of aromatic nitrogens is 1. The number of hydrogen-bond donors (Lipinski definition) is 1. The number of aliphatic hydroxyl groups is 1. The molecule has 0 aliphatic heterocycles. The van der Waals surface area contributed by atoms with Gasteiger partial charge in [-0.05, 0) is 23.3 Å². The van der Waals surface area contributed by atoms with Gasteiger partial charge in [0.2, 0.25) is 5.88 Å². The number of ether oxygens (including phenoxy) is 2. The van der Waals surface area contributed by atoms with Crippen LogP contribution in [0.15, 0.2) is 78.9 Å². The topological polar surface area (TPSA) is 69.9 Å². The predicted octanol–water partition coefficient (Wildman–Crippen LogP) is 4.98. The molecule has 0 saturated heterocycles. The number of nitrogens with zero attached hydrogens (tertiary/aromatic N) is 1. The Kier molecular flexibility index (Phi) is 6.74. The molecule has 1 atom stereocenters. The standard InChI is InChI=1S/C25H20F3NO5/c26-25(27,28)24(31)20-10-4-6-12-22(20)32-14-18-8-1-2-9-19(18)15-34-29-21-11-5-3-7-17(21)13-23(29)33-16-30/h1-13,16,24,31H,14-15H2. The number of aliphatic hydroxyl groups excluding tert-OH is 1. The van der Waals surface area contributed by atoms with Gasteiger partial charge < -0.3 is 19.4 Å². The van der Waals surface area contributed by atoms with Crippen molar-refractivity contribution in [1.29, 1.82) is 0 Å². The van der Waals surface area contributed by atoms with Gasteiger partial charge in [0.1, 0.15) is 19.0 Å². The highest BCUT2D eigenvalue weighted by Crippen LogP contribution is 2.37. The second-order valence-corrected chi connectivity index (χ2v) is 7.36. The third-order valence-corrected chi connectivity index (χ3v) is 5.18. The van der Waals surface area contributed by atoms with E-state index < -0.39 is 12.3 Å². The molecular weight excluding hydrogens is 451 g/mol. The van der Waals surface area contributed by atoms with E-state index in [-0.39, 0.29) is 30.4 Å². The van der Waals surface area contributed by atoms with E-state index in [1.165, 1.54) is 29.0 Å². The van der Waals surface area contributed by atoms with E-state index in [0.29, 0.717) is 23.1 Å². The highest BCUT2D eigenvalue weighted by molar-refractivity contribution is 5.82. The minimum atomic E-state index is -4.81. The van der Waals surface area contributed by atoms with Gasteiger partial charge in [-0.1, -0.05) is 60.7 Å². The lowest BCUT2D eigenvalue weighted by Crippen LogP contribution is -2.21. The Labute approximate surface area is 192 Å². The van der Waals surface area contributed by atoms with Crippen LogP contribution in [0.25, 0.3) is 10.9 Å². The summed E-state index contributed by atoms with van der Waals surface area (Å²) in [5.74, 6) is 0.140. The van der Waals surface area contributed by atoms with Crippen molar-refractivity contribution in [1.82, 2.24) is 4.73 Å². The molecule has 0 radical (unpaired) electrons. The molecule has 1 aromatic heterocycles. The first-order valence-electron chi connectivity index (χ1n) is 10.3. The molecular formula is C25H20F3NO5. The van der Waals surface area contributed by atoms with Gasteiger partial charge in [0.15, 0.2) is 6.10 Å². The molecule has 1 heterocycles. The smallest absolute Gasteiger partial charge is 0.418 e. The molecule has 34 heavy (non-hydrogen) atoms. The lowest BCUT2D eigenvalue weighted by atomic mass is 10.1. The maximum atomic E-state index is 13.0. The average molecular weight is 471 g/mol. The number of carbonyl (C=O) groups is 1. The molecule has 1 N–H and O–H groups in total. The second-order valence-electron chi connectivity index (χ2n) is 7.36. The summed E-state index contributed by atoms with van der Waals surface area (Å²) in [5.41, 5.74) is 1.72. The Morgan fingerprint density at radius 1 is 0.912 bits per heavy atom. The zero-order valence-electron chi connectivity index (χ0n) is 17.7. The van der Waals surface area contributed by atoms with Crippen LogP contribution in [0.4, 0.5) is 13.2 Å². The van der Waals surface area contributed by atoms with Crippen molar-refractivity contribution >= 4 is 17.4 Å². The van der Waals surface area contributed by atoms with Gasteiger partial charge in [0.25, 0.3) is 6.47 Å². The van der Waals surface area contributed by atoms with Crippen molar-refractivity contribution < 1.29 is 37.4 Å². The van der Waals surface area contributed by atoms with Gasteiger partial charge in [-0.2, -0.15) is 13.2 Å². The summed E-state index contributed by atoms with van der Waals surface area (Å²) in [4.78, 5) is 16.8. The number of carbonyl (C=O) groups excluding carboxylic acids is 1. The van der Waals surface area contributed by atoms with Crippen LogP contribution in [-0.2, 0) is 18.0 Å². The second kappa shape index (κ2) is 9.88. The van der Waals surface area contributed by atoms with Crippen molar-refractivity contribution in [3.63, 3.8) is 0 Å². The molecule has 3 aromatic carbocycles. The third kappa shape index (κ3) is 4.99. The lowest BCUT2D eigenvalue weighted by Gasteiger charge is -2.19. The molecule has 4 rings (SSSR count). The van der Waals surface area contributed by atoms with Crippen LogP contribution in [-0.4, -0.2) is 22.5 Å². The van der Waals surface area contributed by atoms with Crippen LogP contribution in [0.3, 0.4) is 0 Å². The normalized spacial score (nSPS) is 12.4. The van der Waals surface area contributed by atoms with E-state index >= 15 is 0 Å². The van der Waals surface area contributed by atoms with Gasteiger partial charge in [0, 0.05) is 17.0 Å². The number of alkyl halides is 3. The van der Waals surface area contributed by atoms with Gasteiger partial charge in [0.05, 0.1) is 5.52 Å². The summed E-state index contributed by atoms with van der Waals surface area (Å²) in [7, 11) is 0. The fourth-order valence-corrected chi connectivity index (χ4v) is 3.51. The molecule has 0 spiro atoms. The van der Waals surface area contributed by atoms with Crippen LogP contribution < -0.4 is 14.3 Å². The number of para-hydroxylation sites is 2. The maximum Gasteiger partial charge on any atom is 0.418 e. The molecule has 0 bridgehead atoms. The van der Waals surface area contributed by atoms with E-state index in [2.05, 4.69) is 0 Å². The van der Waals surface area contributed by atoms with E-state index in [9.17, 15) is 23.1 Å². The fourth-order valence-electron chi connectivity index (χ4n) is 3.51. The number of benzene rings is 3. The van der Waals surface area contributed by atoms with Crippen molar-refractivity contribution in [2.45, 2.75) is 25.5 Å². The Morgan fingerprint density at radius 3 is 2.29 bits per heavy atom. The van der Waals surface area contributed by atoms with Crippen molar-refractivity contribution in [2.24, 2.45) is 0 Å². The van der Waals surface area contributed by atoms with Crippen molar-refractivity contribution in [3.05, 3.63) is 95.6 Å². The molecule has 176 valence electrons. The Bertz CT molecular complexity index is 1290. The lowest BCUT2D eigenvalue weighted by molar-refractivity contribution is -0.207. The zero-order chi connectivity index (χ0) is 24.1. The molecule has 0 amide bonds. The molecule has 0 saturated carbocycles. The summed E-state index contributed by atoms with van der Waals surface area (Å²) in [6.45, 7) is 0.328. The Morgan fingerprint density at radius 2 is 1.56 bits per heavy atom. The summed E-state index contributed by atoms with van der Waals surface area (Å²) >= 11 is 0. The summed E-state index contributed by atoms with van der Waals surface area (Å²) in [6, 6.07) is 21.6. The molecule has 1 unspecified atom stereocenters. The van der Waals surface area contributed by atoms with Gasteiger partial charge in [-0.15, -0.1) is 4.73 Å². The van der Waals surface area contributed by atoms with Crippen LogP contribution in [0.1, 0.15) is 22.8 Å². The molecule has 0 aliphatic carbocycles. The van der Waals surface area contributed by atoms with Gasteiger partial charge in [-0.25, -0.2) is 0 Å².